The van der Waals surface area contributed by atoms with Crippen LogP contribution in [0.25, 0.3) is 0 Å². The van der Waals surface area contributed by atoms with Crippen LogP contribution in [0.2, 0.25) is 0 Å². The Morgan fingerprint density at radius 2 is 1.87 bits per heavy atom. The second-order valence-corrected chi connectivity index (χ2v) is 4.56. The van der Waals surface area contributed by atoms with E-state index >= 15 is 0 Å². The summed E-state index contributed by atoms with van der Waals surface area (Å²) in [6.45, 7) is 3.70. The molecule has 0 radical (unpaired) electrons. The van der Waals surface area contributed by atoms with Gasteiger partial charge in [0.05, 0.1) is 6.61 Å². The number of aliphatic hydroxyl groups is 1. The van der Waals surface area contributed by atoms with E-state index in [0.29, 0.717) is 6.61 Å². The van der Waals surface area contributed by atoms with Gasteiger partial charge in [0.1, 0.15) is 0 Å². The predicted molar refractivity (Wildman–Crippen MR) is 58.4 cm³/mol. The average molecular weight is 214 g/mol. The lowest BCUT2D eigenvalue weighted by Crippen LogP contribution is -2.44. The molecule has 0 aliphatic heterocycles. The topological polar surface area (TPSA) is 46.5 Å². The van der Waals surface area contributed by atoms with Gasteiger partial charge in [0.2, 0.25) is 0 Å². The van der Waals surface area contributed by atoms with Gasteiger partial charge in [-0.3, -0.25) is 0 Å². The summed E-state index contributed by atoms with van der Waals surface area (Å²) < 4.78 is 4.91. The van der Waals surface area contributed by atoms with Crippen molar-refractivity contribution in [2.75, 3.05) is 6.61 Å². The molecule has 1 rings (SSSR count). The number of hydrogen-bond donors (Lipinski definition) is 1. The molecule has 0 aromatic carbocycles. The minimum Gasteiger partial charge on any atom is -0.464 e. The maximum atomic E-state index is 11.6. The normalized spacial score (nSPS) is 22.9. The molecule has 1 aliphatic carbocycles. The zero-order valence-corrected chi connectivity index (χ0v) is 9.79. The highest BCUT2D eigenvalue weighted by molar-refractivity contribution is 5.79. The molecule has 1 aliphatic rings. The summed E-state index contributed by atoms with van der Waals surface area (Å²) in [5.74, 6) is -0.393. The summed E-state index contributed by atoms with van der Waals surface area (Å²) in [6.07, 6.45) is 6.53. The number of carbonyl (C=O) groups is 1. The molecular weight excluding hydrogens is 192 g/mol. The summed E-state index contributed by atoms with van der Waals surface area (Å²) in [6, 6.07) is 0. The summed E-state index contributed by atoms with van der Waals surface area (Å²) in [5.41, 5.74) is -1.29. The van der Waals surface area contributed by atoms with Crippen LogP contribution in [-0.4, -0.2) is 23.3 Å². The van der Waals surface area contributed by atoms with Crippen LogP contribution < -0.4 is 0 Å². The Labute approximate surface area is 91.8 Å². The quantitative estimate of drug-likeness (QED) is 0.579. The summed E-state index contributed by atoms with van der Waals surface area (Å²) in [4.78, 5) is 11.6. The SMILES string of the molecule is CCOC(=O)C(C)(O)C1CCCCCC1. The van der Waals surface area contributed by atoms with Crippen molar-refractivity contribution in [3.05, 3.63) is 0 Å². The smallest absolute Gasteiger partial charge is 0.338 e. The molecule has 1 atom stereocenters. The van der Waals surface area contributed by atoms with Crippen LogP contribution in [0.15, 0.2) is 0 Å². The molecule has 3 nitrogen and oxygen atoms in total. The largest absolute Gasteiger partial charge is 0.464 e. The minimum absolute atomic E-state index is 0.0686. The van der Waals surface area contributed by atoms with Gasteiger partial charge in [-0.1, -0.05) is 25.7 Å². The van der Waals surface area contributed by atoms with Gasteiger partial charge in [0.25, 0.3) is 0 Å². The van der Waals surface area contributed by atoms with E-state index in [0.717, 1.165) is 25.7 Å². The molecule has 1 saturated carbocycles. The van der Waals surface area contributed by atoms with Gasteiger partial charge in [0, 0.05) is 0 Å². The van der Waals surface area contributed by atoms with Crippen LogP contribution in [0.1, 0.15) is 52.4 Å². The van der Waals surface area contributed by atoms with Crippen LogP contribution in [0, 0.1) is 5.92 Å². The standard InChI is InChI=1S/C12H22O3/c1-3-15-11(13)12(2,14)10-8-6-4-5-7-9-10/h10,14H,3-9H2,1-2H3. The van der Waals surface area contributed by atoms with Crippen molar-refractivity contribution in [1.29, 1.82) is 0 Å². The van der Waals surface area contributed by atoms with Gasteiger partial charge >= 0.3 is 5.97 Å². The van der Waals surface area contributed by atoms with Gasteiger partial charge in [-0.25, -0.2) is 4.79 Å². The Morgan fingerprint density at radius 1 is 1.33 bits per heavy atom. The molecular formula is C12H22O3. The third-order valence-corrected chi connectivity index (χ3v) is 3.34. The Bertz CT molecular complexity index is 203. The fourth-order valence-corrected chi connectivity index (χ4v) is 2.29. The average Bonchev–Trinajstić information content (AvgIpc) is 2.46. The number of esters is 1. The molecule has 0 aromatic rings. The first-order valence-electron chi connectivity index (χ1n) is 5.98. The molecule has 1 unspecified atom stereocenters. The van der Waals surface area contributed by atoms with Crippen molar-refractivity contribution < 1.29 is 14.6 Å². The van der Waals surface area contributed by atoms with Gasteiger partial charge in [-0.15, -0.1) is 0 Å². The molecule has 0 bridgehead atoms. The minimum atomic E-state index is -1.29. The van der Waals surface area contributed by atoms with Crippen molar-refractivity contribution in [2.24, 2.45) is 5.92 Å². The first kappa shape index (κ1) is 12.5. The Balaban J connectivity index is 2.60. The summed E-state index contributed by atoms with van der Waals surface area (Å²) in [7, 11) is 0. The Kier molecular flexibility index (Phi) is 4.58. The number of carbonyl (C=O) groups excluding carboxylic acids is 1. The third-order valence-electron chi connectivity index (χ3n) is 3.34. The fraction of sp³-hybridized carbons (Fsp3) is 0.917. The second kappa shape index (κ2) is 5.50. The van der Waals surface area contributed by atoms with Crippen LogP contribution in [0.3, 0.4) is 0 Å². The molecule has 1 fully saturated rings. The zero-order chi connectivity index (χ0) is 11.3. The van der Waals surface area contributed by atoms with Crippen molar-refractivity contribution >= 4 is 5.97 Å². The van der Waals surface area contributed by atoms with Crippen LogP contribution in [0.5, 0.6) is 0 Å². The molecule has 0 aromatic heterocycles. The van der Waals surface area contributed by atoms with E-state index in [9.17, 15) is 9.90 Å². The van der Waals surface area contributed by atoms with Crippen LogP contribution in [0.4, 0.5) is 0 Å². The molecule has 0 amide bonds. The fourth-order valence-electron chi connectivity index (χ4n) is 2.29. The first-order valence-corrected chi connectivity index (χ1v) is 5.98. The van der Waals surface area contributed by atoms with Crippen LogP contribution in [-0.2, 0) is 9.53 Å². The maximum Gasteiger partial charge on any atom is 0.338 e. The highest BCUT2D eigenvalue weighted by Gasteiger charge is 2.40. The Morgan fingerprint density at radius 3 is 2.33 bits per heavy atom. The first-order chi connectivity index (χ1) is 7.09. The van der Waals surface area contributed by atoms with Gasteiger partial charge < -0.3 is 9.84 Å². The molecule has 1 N–H and O–H groups in total. The monoisotopic (exact) mass is 214 g/mol. The lowest BCUT2D eigenvalue weighted by atomic mass is 9.83. The third kappa shape index (κ3) is 3.20. The van der Waals surface area contributed by atoms with E-state index in [1.165, 1.54) is 12.8 Å². The summed E-state index contributed by atoms with van der Waals surface area (Å²) in [5, 5.41) is 10.2. The van der Waals surface area contributed by atoms with E-state index in [2.05, 4.69) is 0 Å². The van der Waals surface area contributed by atoms with E-state index < -0.39 is 11.6 Å². The van der Waals surface area contributed by atoms with Gasteiger partial charge in [0.15, 0.2) is 5.60 Å². The molecule has 3 heteroatoms. The second-order valence-electron chi connectivity index (χ2n) is 4.56. The predicted octanol–water partition coefficient (Wildman–Crippen LogP) is 2.27. The lowest BCUT2D eigenvalue weighted by Gasteiger charge is -2.29. The molecule has 0 spiro atoms. The van der Waals surface area contributed by atoms with Crippen molar-refractivity contribution in [3.8, 4) is 0 Å². The van der Waals surface area contributed by atoms with Gasteiger partial charge in [-0.05, 0) is 32.6 Å². The zero-order valence-electron chi connectivity index (χ0n) is 9.79. The summed E-state index contributed by atoms with van der Waals surface area (Å²) >= 11 is 0. The lowest BCUT2D eigenvalue weighted by molar-refractivity contribution is -0.169. The van der Waals surface area contributed by atoms with E-state index in [1.54, 1.807) is 13.8 Å². The molecule has 15 heavy (non-hydrogen) atoms. The van der Waals surface area contributed by atoms with Crippen molar-refractivity contribution in [1.82, 2.24) is 0 Å². The molecule has 0 heterocycles. The van der Waals surface area contributed by atoms with E-state index in [-0.39, 0.29) is 5.92 Å². The number of rotatable bonds is 3. The Hall–Kier alpha value is -0.570. The maximum absolute atomic E-state index is 11.6. The van der Waals surface area contributed by atoms with E-state index in [1.807, 2.05) is 0 Å². The van der Waals surface area contributed by atoms with Crippen LogP contribution >= 0.6 is 0 Å². The van der Waals surface area contributed by atoms with Crippen molar-refractivity contribution in [3.63, 3.8) is 0 Å². The molecule has 88 valence electrons. The van der Waals surface area contributed by atoms with Crippen molar-refractivity contribution in [2.45, 2.75) is 58.0 Å². The number of ether oxygens (including phenoxy) is 1. The van der Waals surface area contributed by atoms with E-state index in [4.69, 9.17) is 4.74 Å². The number of hydrogen-bond acceptors (Lipinski definition) is 3. The highest BCUT2D eigenvalue weighted by atomic mass is 16.5. The molecule has 0 saturated heterocycles. The highest BCUT2D eigenvalue weighted by Crippen LogP contribution is 2.32. The van der Waals surface area contributed by atoms with Gasteiger partial charge in [-0.2, -0.15) is 0 Å².